The number of unbranched alkanes of at least 4 members (excludes halogenated alkanes) is 1. The average Bonchev–Trinajstić information content (AvgIpc) is 3.70. The minimum absolute atomic E-state index is 0.0628. The van der Waals surface area contributed by atoms with Crippen LogP contribution in [0.2, 0.25) is 0 Å². The summed E-state index contributed by atoms with van der Waals surface area (Å²) in [6, 6.07) is 12.9. The highest BCUT2D eigenvalue weighted by molar-refractivity contribution is 5.95. The summed E-state index contributed by atoms with van der Waals surface area (Å²) in [6.07, 6.45) is 5.29. The van der Waals surface area contributed by atoms with Crippen molar-refractivity contribution in [3.05, 3.63) is 58.9 Å². The molecule has 220 valence electrons. The van der Waals surface area contributed by atoms with Crippen molar-refractivity contribution in [3.8, 4) is 0 Å². The summed E-state index contributed by atoms with van der Waals surface area (Å²) in [7, 11) is 0. The van der Waals surface area contributed by atoms with Crippen molar-refractivity contribution < 1.29 is 24.6 Å². The quantitative estimate of drug-likeness (QED) is 0.214. The lowest BCUT2D eigenvalue weighted by Crippen LogP contribution is -2.47. The second-order valence-corrected chi connectivity index (χ2v) is 11.3. The largest absolute Gasteiger partial charge is 0.481 e. The minimum atomic E-state index is -0.870. The molecule has 1 aliphatic carbocycles. The number of aromatic nitrogens is 2. The van der Waals surface area contributed by atoms with E-state index in [4.69, 9.17) is 20.9 Å². The van der Waals surface area contributed by atoms with Crippen molar-refractivity contribution in [1.29, 1.82) is 0 Å². The van der Waals surface area contributed by atoms with Gasteiger partial charge < -0.3 is 25.8 Å². The fraction of sp³-hybridized carbons (Fsp3) is 0.484. The number of carboxylic acids is 2. The molecule has 41 heavy (non-hydrogen) atoms. The van der Waals surface area contributed by atoms with Gasteiger partial charge in [-0.2, -0.15) is 0 Å². The second kappa shape index (κ2) is 13.6. The number of carbonyl (C=O) groups is 3. The van der Waals surface area contributed by atoms with Gasteiger partial charge in [-0.15, -0.1) is 0 Å². The third-order valence-corrected chi connectivity index (χ3v) is 7.52. The number of aromatic amines is 1. The van der Waals surface area contributed by atoms with E-state index in [1.807, 2.05) is 21.9 Å². The number of carboxylic acid groups (broad SMARTS) is 2. The summed E-state index contributed by atoms with van der Waals surface area (Å²) < 4.78 is 0. The van der Waals surface area contributed by atoms with Crippen molar-refractivity contribution in [2.75, 3.05) is 4.90 Å². The third-order valence-electron chi connectivity index (χ3n) is 7.52. The molecule has 3 aromatic rings. The van der Waals surface area contributed by atoms with E-state index in [-0.39, 0.29) is 18.9 Å². The van der Waals surface area contributed by atoms with E-state index < -0.39 is 11.9 Å². The van der Waals surface area contributed by atoms with Crippen LogP contribution in [0, 0.1) is 5.92 Å². The third kappa shape index (κ3) is 7.85. The molecule has 10 heteroatoms. The number of aryl methyl sites for hydroxylation is 1. The number of imidazole rings is 1. The number of rotatable bonds is 12. The Hall–Kier alpha value is -3.92. The highest BCUT2D eigenvalue weighted by Crippen LogP contribution is 2.37. The van der Waals surface area contributed by atoms with Crippen LogP contribution in [0.15, 0.2) is 36.4 Å². The number of para-hydroxylation sites is 1. The van der Waals surface area contributed by atoms with E-state index in [1.54, 1.807) is 0 Å². The molecule has 1 saturated carbocycles. The van der Waals surface area contributed by atoms with Gasteiger partial charge in [0.1, 0.15) is 5.82 Å². The fourth-order valence-corrected chi connectivity index (χ4v) is 5.15. The number of nitrogens with one attached hydrogen (secondary N) is 1. The van der Waals surface area contributed by atoms with Crippen LogP contribution < -0.4 is 10.6 Å². The molecule has 0 radical (unpaired) electrons. The molecule has 5 rings (SSSR count). The molecule has 5 N–H and O–H groups in total. The van der Waals surface area contributed by atoms with Gasteiger partial charge in [-0.3, -0.25) is 14.5 Å². The number of hydrogen-bond acceptors (Lipinski definition) is 5. The number of urea groups is 1. The fourth-order valence-electron chi connectivity index (χ4n) is 5.15. The van der Waals surface area contributed by atoms with E-state index in [1.165, 1.54) is 11.1 Å². The molecule has 10 nitrogen and oxygen atoms in total. The summed E-state index contributed by atoms with van der Waals surface area (Å²) in [5.41, 5.74) is 12.6. The predicted molar refractivity (Wildman–Crippen MR) is 157 cm³/mol. The van der Waals surface area contributed by atoms with Crippen LogP contribution >= 0.6 is 0 Å². The van der Waals surface area contributed by atoms with Gasteiger partial charge in [-0.25, -0.2) is 9.78 Å². The zero-order valence-corrected chi connectivity index (χ0v) is 23.9. The Kier molecular flexibility index (Phi) is 9.99. The smallest absolute Gasteiger partial charge is 0.325 e. The maximum absolute atomic E-state index is 13.3. The van der Waals surface area contributed by atoms with E-state index in [0.29, 0.717) is 44.4 Å². The monoisotopic (exact) mass is 563 g/mol. The molecule has 2 aromatic carbocycles. The highest BCUT2D eigenvalue weighted by atomic mass is 16.4. The second-order valence-electron chi connectivity index (χ2n) is 11.3. The topological polar surface area (TPSA) is 153 Å². The number of carbonyl (C=O) groups excluding carboxylic acids is 1. The lowest BCUT2D eigenvalue weighted by Gasteiger charge is -2.37. The maximum Gasteiger partial charge on any atom is 0.325 e. The molecule has 2 amide bonds. The average molecular weight is 564 g/mol. The van der Waals surface area contributed by atoms with Crippen LogP contribution in [0.1, 0.15) is 81.3 Å². The maximum atomic E-state index is 13.3. The van der Waals surface area contributed by atoms with Gasteiger partial charge in [0.2, 0.25) is 0 Å². The van der Waals surface area contributed by atoms with Crippen LogP contribution in [0.25, 0.3) is 11.0 Å². The van der Waals surface area contributed by atoms with Gasteiger partial charge in [0.15, 0.2) is 0 Å². The Morgan fingerprint density at radius 3 is 2.37 bits per heavy atom. The summed E-state index contributed by atoms with van der Waals surface area (Å²) >= 11 is 0. The number of benzene rings is 2. The van der Waals surface area contributed by atoms with Gasteiger partial charge >= 0.3 is 18.0 Å². The number of hydrogen-bond donors (Lipinski definition) is 4. The van der Waals surface area contributed by atoms with Crippen molar-refractivity contribution in [2.24, 2.45) is 11.7 Å². The molecule has 1 aliphatic heterocycles. The molecule has 1 aromatic heterocycles. The summed E-state index contributed by atoms with van der Waals surface area (Å²) in [5.74, 6) is -0.304. The molecule has 2 aliphatic rings. The highest BCUT2D eigenvalue weighted by Gasteiger charge is 2.39. The lowest BCUT2D eigenvalue weighted by molar-refractivity contribution is -0.139. The van der Waals surface area contributed by atoms with E-state index in [2.05, 4.69) is 43.1 Å². The molecular weight excluding hydrogens is 522 g/mol. The van der Waals surface area contributed by atoms with Gasteiger partial charge in [0.25, 0.3) is 0 Å². The molecular formula is C31H41N5O5. The normalized spacial score (nSPS) is 14.7. The van der Waals surface area contributed by atoms with Gasteiger partial charge in [-0.05, 0) is 73.3 Å². The number of H-pyrrole nitrogens is 1. The Morgan fingerprint density at radius 1 is 1.07 bits per heavy atom. The van der Waals surface area contributed by atoms with E-state index in [9.17, 15) is 14.4 Å². The van der Waals surface area contributed by atoms with Crippen LogP contribution in [0.3, 0.4) is 0 Å². The van der Waals surface area contributed by atoms with Gasteiger partial charge in [0, 0.05) is 32.0 Å². The molecule has 2 heterocycles. The zero-order chi connectivity index (χ0) is 29.5. The molecule has 0 spiro atoms. The Morgan fingerprint density at radius 2 is 1.76 bits per heavy atom. The Labute approximate surface area is 240 Å². The van der Waals surface area contributed by atoms with Gasteiger partial charge in [-0.1, -0.05) is 38.1 Å². The first-order valence-corrected chi connectivity index (χ1v) is 14.5. The Balaban J connectivity index is 0.000000334. The number of amides is 2. The Bertz CT molecular complexity index is 1360. The molecule has 0 bridgehead atoms. The van der Waals surface area contributed by atoms with Crippen LogP contribution in [-0.4, -0.2) is 49.1 Å². The van der Waals surface area contributed by atoms with Crippen LogP contribution in [-0.2, 0) is 35.6 Å². The van der Waals surface area contributed by atoms with Gasteiger partial charge in [0.05, 0.1) is 23.3 Å². The molecule has 0 atom stereocenters. The lowest BCUT2D eigenvalue weighted by atomic mass is 9.97. The van der Waals surface area contributed by atoms with E-state index >= 15 is 0 Å². The molecule has 0 saturated heterocycles. The summed E-state index contributed by atoms with van der Waals surface area (Å²) in [6.45, 7) is 6.14. The minimum Gasteiger partial charge on any atom is -0.481 e. The van der Waals surface area contributed by atoms with Crippen LogP contribution in [0.5, 0.6) is 0 Å². The summed E-state index contributed by atoms with van der Waals surface area (Å²) in [5, 5.41) is 16.3. The first-order chi connectivity index (χ1) is 19.7. The van der Waals surface area contributed by atoms with Crippen molar-refractivity contribution in [1.82, 2.24) is 14.9 Å². The van der Waals surface area contributed by atoms with E-state index in [0.717, 1.165) is 53.8 Å². The SMILES string of the molecule is CC(C)CCc1c(CN)ccc2[nH]c(CN3C(=O)N(C4CC4)Cc4ccccc43)nc12.O=C(O)CCCCC(=O)O. The number of aliphatic carboxylic acids is 2. The standard InChI is InChI=1S/C25H31N5O.C6H10O4/c1-16(2)7-11-20-17(13-26)8-12-21-24(20)28-23(27-21)15-30-22-6-4-3-5-18(22)14-29(25(30)31)19-9-10-19;7-5(8)3-1-2-4-6(9)10/h3-6,8,12,16,19H,7,9-11,13-15,26H2,1-2H3,(H,27,28);1-4H2,(H,7,8)(H,9,10). The predicted octanol–water partition coefficient (Wildman–Crippen LogP) is 5.43. The first kappa shape index (κ1) is 30.0. The zero-order valence-electron chi connectivity index (χ0n) is 23.9. The number of nitrogens with two attached hydrogens (primary N) is 1. The first-order valence-electron chi connectivity index (χ1n) is 14.5. The molecule has 0 unspecified atom stereocenters. The number of fused-ring (bicyclic) bond motifs is 2. The van der Waals surface area contributed by atoms with Crippen molar-refractivity contribution in [2.45, 2.75) is 90.9 Å². The van der Waals surface area contributed by atoms with Crippen molar-refractivity contribution in [3.63, 3.8) is 0 Å². The molecule has 1 fully saturated rings. The summed E-state index contributed by atoms with van der Waals surface area (Å²) in [4.78, 5) is 45.5. The number of nitrogens with zero attached hydrogens (tertiary/aromatic N) is 3. The number of anilines is 1. The van der Waals surface area contributed by atoms with Crippen molar-refractivity contribution >= 4 is 34.7 Å². The van der Waals surface area contributed by atoms with Crippen LogP contribution in [0.4, 0.5) is 10.5 Å².